The SMILES string of the molecule is O=C(O)CNC(=O)[C@H](Cc1ccccc1)NC(=O)CNC(=O)[C@H](Cc1ccccc1)NC(=O)c1cn(C(C(=O)O)(c2ccccc2)c2ccccc2)nn1. The van der Waals surface area contributed by atoms with Gasteiger partial charge in [0.25, 0.3) is 5.91 Å². The van der Waals surface area contributed by atoms with Crippen LogP contribution in [0.2, 0.25) is 0 Å². The van der Waals surface area contributed by atoms with Crippen molar-refractivity contribution in [2.45, 2.75) is 30.5 Å². The summed E-state index contributed by atoms with van der Waals surface area (Å²) in [5, 5.41) is 37.7. The van der Waals surface area contributed by atoms with Gasteiger partial charge >= 0.3 is 11.9 Å². The van der Waals surface area contributed by atoms with Gasteiger partial charge in [0.15, 0.2) is 5.69 Å². The molecule has 276 valence electrons. The largest absolute Gasteiger partial charge is 0.480 e. The molecule has 0 saturated carbocycles. The summed E-state index contributed by atoms with van der Waals surface area (Å²) in [6, 6.07) is 31.9. The zero-order valence-electron chi connectivity index (χ0n) is 28.8. The molecule has 15 nitrogen and oxygen atoms in total. The predicted molar refractivity (Wildman–Crippen MR) is 194 cm³/mol. The molecule has 0 aliphatic carbocycles. The first kappa shape index (κ1) is 38.1. The summed E-state index contributed by atoms with van der Waals surface area (Å²) in [5.74, 6) is -5.58. The van der Waals surface area contributed by atoms with Crippen molar-refractivity contribution in [1.82, 2.24) is 36.3 Å². The highest BCUT2D eigenvalue weighted by Crippen LogP contribution is 2.34. The maximum absolute atomic E-state index is 13.7. The highest BCUT2D eigenvalue weighted by Gasteiger charge is 2.46. The number of nitrogens with zero attached hydrogens (tertiary/aromatic N) is 3. The molecule has 5 rings (SSSR count). The van der Waals surface area contributed by atoms with Crippen LogP contribution in [0.15, 0.2) is 128 Å². The first-order valence-electron chi connectivity index (χ1n) is 16.8. The summed E-state index contributed by atoms with van der Waals surface area (Å²) in [6.07, 6.45) is 1.25. The van der Waals surface area contributed by atoms with E-state index in [9.17, 15) is 33.9 Å². The van der Waals surface area contributed by atoms with Crippen molar-refractivity contribution in [2.24, 2.45) is 0 Å². The molecule has 0 unspecified atom stereocenters. The van der Waals surface area contributed by atoms with Crippen LogP contribution in [0.25, 0.3) is 0 Å². The Kier molecular flexibility index (Phi) is 12.6. The van der Waals surface area contributed by atoms with Crippen LogP contribution < -0.4 is 21.3 Å². The fourth-order valence-electron chi connectivity index (χ4n) is 5.84. The number of hydrogen-bond acceptors (Lipinski definition) is 8. The van der Waals surface area contributed by atoms with E-state index in [-0.39, 0.29) is 18.5 Å². The van der Waals surface area contributed by atoms with E-state index < -0.39 is 66.3 Å². The fourth-order valence-corrected chi connectivity index (χ4v) is 5.84. The standard InChI is InChI=1S/C39H37N7O8/c47-33(42-30(35(50)41-24-34(48)49)21-26-13-5-1-6-14-26)23-40-36(51)31(22-27-15-7-2-8-16-27)43-37(52)32-25-46(45-44-32)39(38(53)54,28-17-9-3-10-18-28)29-19-11-4-12-20-29/h1-20,25,30-31H,21-24H2,(H,40,51)(H,41,50)(H,42,47)(H,43,52)(H,48,49)(H,53,54)/t30-,31-/m0/s1. The number of carboxylic acids is 2. The van der Waals surface area contributed by atoms with Crippen molar-refractivity contribution in [2.75, 3.05) is 13.1 Å². The van der Waals surface area contributed by atoms with Gasteiger partial charge in [-0.2, -0.15) is 0 Å². The highest BCUT2D eigenvalue weighted by atomic mass is 16.4. The molecule has 0 aliphatic rings. The topological polar surface area (TPSA) is 222 Å². The van der Waals surface area contributed by atoms with Crippen LogP contribution in [0.1, 0.15) is 32.7 Å². The molecule has 0 fully saturated rings. The Hall–Kier alpha value is -7.16. The molecule has 0 radical (unpaired) electrons. The van der Waals surface area contributed by atoms with Crippen molar-refractivity contribution >= 4 is 35.6 Å². The molecule has 15 heteroatoms. The molecule has 4 amide bonds. The number of carboxylic acid groups (broad SMARTS) is 2. The maximum atomic E-state index is 13.7. The number of aromatic nitrogens is 3. The maximum Gasteiger partial charge on any atom is 0.341 e. The number of carbonyl (C=O) groups excluding carboxylic acids is 4. The number of aliphatic carboxylic acids is 2. The quantitative estimate of drug-likeness (QED) is 0.0810. The van der Waals surface area contributed by atoms with E-state index in [1.54, 1.807) is 121 Å². The predicted octanol–water partition coefficient (Wildman–Crippen LogP) is 1.54. The summed E-state index contributed by atoms with van der Waals surface area (Å²) in [5.41, 5.74) is -0.0797. The molecule has 6 N–H and O–H groups in total. The van der Waals surface area contributed by atoms with Gasteiger partial charge in [0.05, 0.1) is 12.7 Å². The number of nitrogens with one attached hydrogen (secondary N) is 4. The van der Waals surface area contributed by atoms with Crippen LogP contribution in [-0.2, 0) is 42.4 Å². The van der Waals surface area contributed by atoms with Crippen molar-refractivity contribution in [3.8, 4) is 0 Å². The van der Waals surface area contributed by atoms with Crippen molar-refractivity contribution in [1.29, 1.82) is 0 Å². The molecule has 2 atom stereocenters. The normalized spacial score (nSPS) is 12.1. The van der Waals surface area contributed by atoms with E-state index in [0.717, 1.165) is 4.68 Å². The second kappa shape index (κ2) is 17.9. The van der Waals surface area contributed by atoms with Gasteiger partial charge in [-0.3, -0.25) is 24.0 Å². The van der Waals surface area contributed by atoms with Crippen LogP contribution >= 0.6 is 0 Å². The fraction of sp³-hybridized carbons (Fsp3) is 0.179. The van der Waals surface area contributed by atoms with Crippen molar-refractivity contribution < 1.29 is 39.0 Å². The molecule has 1 heterocycles. The third-order valence-corrected chi connectivity index (χ3v) is 8.44. The van der Waals surface area contributed by atoms with E-state index in [1.807, 2.05) is 0 Å². The second-order valence-corrected chi connectivity index (χ2v) is 12.2. The van der Waals surface area contributed by atoms with Crippen LogP contribution in [0.4, 0.5) is 0 Å². The molecule has 1 aromatic heterocycles. The Morgan fingerprint density at radius 3 is 1.52 bits per heavy atom. The Balaban J connectivity index is 1.34. The lowest BCUT2D eigenvalue weighted by Gasteiger charge is -2.30. The van der Waals surface area contributed by atoms with E-state index >= 15 is 0 Å². The van der Waals surface area contributed by atoms with E-state index in [0.29, 0.717) is 22.3 Å². The zero-order valence-corrected chi connectivity index (χ0v) is 28.8. The van der Waals surface area contributed by atoms with E-state index in [2.05, 4.69) is 31.6 Å². The second-order valence-electron chi connectivity index (χ2n) is 12.2. The highest BCUT2D eigenvalue weighted by molar-refractivity contribution is 5.97. The number of amides is 4. The number of hydrogen-bond donors (Lipinski definition) is 6. The average Bonchev–Trinajstić information content (AvgIpc) is 3.68. The molecule has 54 heavy (non-hydrogen) atoms. The van der Waals surface area contributed by atoms with Gasteiger partial charge in [-0.25, -0.2) is 9.48 Å². The van der Waals surface area contributed by atoms with Gasteiger partial charge in [-0.05, 0) is 22.3 Å². The molecule has 0 bridgehead atoms. The first-order chi connectivity index (χ1) is 26.1. The van der Waals surface area contributed by atoms with E-state index in [1.165, 1.54) is 6.20 Å². The van der Waals surface area contributed by atoms with Gasteiger partial charge in [-0.15, -0.1) is 5.10 Å². The molecule has 0 saturated heterocycles. The minimum atomic E-state index is -1.90. The van der Waals surface area contributed by atoms with Gasteiger partial charge in [-0.1, -0.05) is 127 Å². The molecule has 0 spiro atoms. The lowest BCUT2D eigenvalue weighted by atomic mass is 9.83. The molecule has 4 aromatic carbocycles. The van der Waals surface area contributed by atoms with Gasteiger partial charge < -0.3 is 31.5 Å². The molecule has 5 aromatic rings. The summed E-state index contributed by atoms with van der Waals surface area (Å²) in [7, 11) is 0. The lowest BCUT2D eigenvalue weighted by molar-refractivity contribution is -0.144. The molecule has 0 aliphatic heterocycles. The van der Waals surface area contributed by atoms with Gasteiger partial charge in [0, 0.05) is 12.8 Å². The summed E-state index contributed by atoms with van der Waals surface area (Å²) in [4.78, 5) is 77.2. The Morgan fingerprint density at radius 1 is 0.611 bits per heavy atom. The Bertz CT molecular complexity index is 2040. The van der Waals surface area contributed by atoms with Crippen LogP contribution in [0.3, 0.4) is 0 Å². The first-order valence-corrected chi connectivity index (χ1v) is 16.8. The van der Waals surface area contributed by atoms with Crippen molar-refractivity contribution in [3.63, 3.8) is 0 Å². The van der Waals surface area contributed by atoms with Crippen LogP contribution in [-0.4, -0.2) is 85.9 Å². The van der Waals surface area contributed by atoms with Crippen LogP contribution in [0.5, 0.6) is 0 Å². The van der Waals surface area contributed by atoms with Gasteiger partial charge in [0.2, 0.25) is 23.3 Å². The lowest BCUT2D eigenvalue weighted by Crippen LogP contribution is -2.53. The van der Waals surface area contributed by atoms with Crippen molar-refractivity contribution in [3.05, 3.63) is 155 Å². The van der Waals surface area contributed by atoms with Gasteiger partial charge in [0.1, 0.15) is 18.6 Å². The number of carbonyl (C=O) groups is 6. The third kappa shape index (κ3) is 9.38. The summed E-state index contributed by atoms with van der Waals surface area (Å²) in [6.45, 7) is -1.23. The minimum Gasteiger partial charge on any atom is -0.480 e. The zero-order chi connectivity index (χ0) is 38.5. The van der Waals surface area contributed by atoms with E-state index in [4.69, 9.17) is 5.11 Å². The molecular formula is C39H37N7O8. The number of benzene rings is 4. The summed E-state index contributed by atoms with van der Waals surface area (Å²) < 4.78 is 1.09. The monoisotopic (exact) mass is 731 g/mol. The average molecular weight is 732 g/mol. The smallest absolute Gasteiger partial charge is 0.341 e. The Labute approximate surface area is 309 Å². The summed E-state index contributed by atoms with van der Waals surface area (Å²) >= 11 is 0. The van der Waals surface area contributed by atoms with Crippen LogP contribution in [0, 0.1) is 0 Å². The third-order valence-electron chi connectivity index (χ3n) is 8.44. The molecular weight excluding hydrogens is 694 g/mol. The Morgan fingerprint density at radius 2 is 1.06 bits per heavy atom. The number of rotatable bonds is 17. The minimum absolute atomic E-state index is 0.00941.